The van der Waals surface area contributed by atoms with Gasteiger partial charge in [0.05, 0.1) is 6.42 Å². The van der Waals surface area contributed by atoms with Gasteiger partial charge in [0.25, 0.3) is 0 Å². The lowest BCUT2D eigenvalue weighted by Gasteiger charge is -2.32. The van der Waals surface area contributed by atoms with E-state index in [-0.39, 0.29) is 30.8 Å². The molecule has 3 aromatic carbocycles. The van der Waals surface area contributed by atoms with E-state index in [4.69, 9.17) is 0 Å². The maximum Gasteiger partial charge on any atom is 0.243 e. The minimum absolute atomic E-state index is 0.0176. The summed E-state index contributed by atoms with van der Waals surface area (Å²) in [4.78, 5) is 28.5. The van der Waals surface area contributed by atoms with Crippen LogP contribution in [0.4, 0.5) is 4.39 Å². The van der Waals surface area contributed by atoms with E-state index in [0.29, 0.717) is 12.0 Å². The minimum Gasteiger partial charge on any atom is -0.352 e. The summed E-state index contributed by atoms with van der Waals surface area (Å²) in [5.74, 6) is -0.913. The number of halogens is 1. The smallest absolute Gasteiger partial charge is 0.243 e. The molecule has 0 fully saturated rings. The predicted octanol–water partition coefficient (Wildman–Crippen LogP) is 4.92. The fraction of sp³-hybridized carbons (Fsp3) is 0.286. The van der Waals surface area contributed by atoms with Gasteiger partial charge in [0.1, 0.15) is 11.9 Å². The van der Waals surface area contributed by atoms with Crippen molar-refractivity contribution in [3.63, 3.8) is 0 Å². The molecule has 2 amide bonds. The van der Waals surface area contributed by atoms with E-state index in [1.54, 1.807) is 23.1 Å². The average Bonchev–Trinajstić information content (AvgIpc) is 2.83. The molecule has 172 valence electrons. The van der Waals surface area contributed by atoms with Crippen molar-refractivity contribution >= 4 is 11.8 Å². The standard InChI is InChI=1S/C28H31FN2O2/c1-3-21(2)30-28(33)26(18-22-12-6-4-7-13-22)31(20-23-14-8-5-9-15-23)27(32)19-24-16-10-11-17-25(24)29/h4-17,21,26H,3,18-20H2,1-2H3,(H,30,33)/t21-,26-/m0/s1. The highest BCUT2D eigenvalue weighted by Gasteiger charge is 2.31. The molecule has 4 nitrogen and oxygen atoms in total. The van der Waals surface area contributed by atoms with E-state index in [1.807, 2.05) is 74.5 Å². The predicted molar refractivity (Wildman–Crippen MR) is 129 cm³/mol. The van der Waals surface area contributed by atoms with Crippen LogP contribution in [0.5, 0.6) is 0 Å². The highest BCUT2D eigenvalue weighted by atomic mass is 19.1. The molecule has 0 heterocycles. The molecule has 0 saturated carbocycles. The zero-order chi connectivity index (χ0) is 23.6. The molecule has 0 aliphatic carbocycles. The fourth-order valence-corrected chi connectivity index (χ4v) is 3.68. The Hall–Kier alpha value is -3.47. The second kappa shape index (κ2) is 12.0. The average molecular weight is 447 g/mol. The first-order valence-electron chi connectivity index (χ1n) is 11.4. The van der Waals surface area contributed by atoms with Gasteiger partial charge in [-0.05, 0) is 36.1 Å². The van der Waals surface area contributed by atoms with Gasteiger partial charge in [0, 0.05) is 19.0 Å². The summed E-state index contributed by atoms with van der Waals surface area (Å²) in [6, 6.07) is 24.8. The van der Waals surface area contributed by atoms with Crippen LogP contribution in [0.1, 0.15) is 37.0 Å². The van der Waals surface area contributed by atoms with E-state index in [9.17, 15) is 14.0 Å². The Bertz CT molecular complexity index is 1040. The SMILES string of the molecule is CC[C@H](C)NC(=O)[C@H](Cc1ccccc1)N(Cc1ccccc1)C(=O)Cc1ccccc1F. The summed E-state index contributed by atoms with van der Waals surface area (Å²) in [5.41, 5.74) is 2.19. The Morgan fingerprint density at radius 3 is 2.06 bits per heavy atom. The molecular formula is C28H31FN2O2. The third-order valence-electron chi connectivity index (χ3n) is 5.77. The van der Waals surface area contributed by atoms with E-state index in [2.05, 4.69) is 5.32 Å². The Kier molecular flexibility index (Phi) is 8.76. The maximum absolute atomic E-state index is 14.3. The Balaban J connectivity index is 1.96. The van der Waals surface area contributed by atoms with Crippen LogP contribution >= 0.6 is 0 Å². The van der Waals surface area contributed by atoms with E-state index >= 15 is 0 Å². The number of hydrogen-bond acceptors (Lipinski definition) is 2. The van der Waals surface area contributed by atoms with Crippen molar-refractivity contribution in [2.24, 2.45) is 0 Å². The highest BCUT2D eigenvalue weighted by Crippen LogP contribution is 2.18. The van der Waals surface area contributed by atoms with Crippen molar-refractivity contribution in [2.75, 3.05) is 0 Å². The van der Waals surface area contributed by atoms with Crippen LogP contribution in [0, 0.1) is 5.82 Å². The zero-order valence-electron chi connectivity index (χ0n) is 19.2. The molecule has 3 rings (SSSR count). The molecule has 0 bridgehead atoms. The van der Waals surface area contributed by atoms with Crippen LogP contribution < -0.4 is 5.32 Å². The number of hydrogen-bond donors (Lipinski definition) is 1. The highest BCUT2D eigenvalue weighted by molar-refractivity contribution is 5.89. The molecule has 3 aromatic rings. The molecule has 1 N–H and O–H groups in total. The van der Waals surface area contributed by atoms with Crippen LogP contribution in [0.25, 0.3) is 0 Å². The van der Waals surface area contributed by atoms with Crippen molar-refractivity contribution < 1.29 is 14.0 Å². The fourth-order valence-electron chi connectivity index (χ4n) is 3.68. The summed E-state index contributed by atoms with van der Waals surface area (Å²) in [6.07, 6.45) is 1.05. The molecule has 33 heavy (non-hydrogen) atoms. The molecule has 0 radical (unpaired) electrons. The van der Waals surface area contributed by atoms with E-state index in [1.165, 1.54) is 6.07 Å². The van der Waals surface area contributed by atoms with E-state index < -0.39 is 11.9 Å². The summed E-state index contributed by atoms with van der Waals surface area (Å²) in [6.45, 7) is 4.21. The molecule has 0 spiro atoms. The quantitative estimate of drug-likeness (QED) is 0.480. The third kappa shape index (κ3) is 7.01. The van der Waals surface area contributed by atoms with Crippen LogP contribution in [0.15, 0.2) is 84.9 Å². The molecule has 0 unspecified atom stereocenters. The van der Waals surface area contributed by atoms with Gasteiger partial charge in [-0.1, -0.05) is 85.8 Å². The van der Waals surface area contributed by atoms with Gasteiger partial charge in [-0.2, -0.15) is 0 Å². The van der Waals surface area contributed by atoms with Crippen LogP contribution in [0.2, 0.25) is 0 Å². The van der Waals surface area contributed by atoms with Crippen LogP contribution in [0.3, 0.4) is 0 Å². The number of nitrogens with zero attached hydrogens (tertiary/aromatic N) is 1. The minimum atomic E-state index is -0.721. The summed E-state index contributed by atoms with van der Waals surface area (Å²) >= 11 is 0. The number of carbonyl (C=O) groups is 2. The van der Waals surface area contributed by atoms with Crippen molar-refractivity contribution in [3.8, 4) is 0 Å². The van der Waals surface area contributed by atoms with Crippen molar-refractivity contribution in [1.29, 1.82) is 0 Å². The largest absolute Gasteiger partial charge is 0.352 e. The van der Waals surface area contributed by atoms with Gasteiger partial charge < -0.3 is 10.2 Å². The number of benzene rings is 3. The Morgan fingerprint density at radius 2 is 1.45 bits per heavy atom. The molecule has 0 saturated heterocycles. The van der Waals surface area contributed by atoms with E-state index in [0.717, 1.165) is 17.5 Å². The lowest BCUT2D eigenvalue weighted by atomic mass is 10.0. The number of amides is 2. The summed E-state index contributed by atoms with van der Waals surface area (Å²) in [7, 11) is 0. The van der Waals surface area contributed by atoms with Gasteiger partial charge in [0.2, 0.25) is 11.8 Å². The van der Waals surface area contributed by atoms with Gasteiger partial charge in [-0.25, -0.2) is 4.39 Å². The summed E-state index contributed by atoms with van der Waals surface area (Å²) in [5, 5.41) is 3.04. The van der Waals surface area contributed by atoms with Gasteiger partial charge in [-0.15, -0.1) is 0 Å². The van der Waals surface area contributed by atoms with Gasteiger partial charge in [0.15, 0.2) is 0 Å². The topological polar surface area (TPSA) is 49.4 Å². The maximum atomic E-state index is 14.3. The zero-order valence-corrected chi connectivity index (χ0v) is 19.2. The molecular weight excluding hydrogens is 415 g/mol. The molecule has 0 aliphatic heterocycles. The molecule has 0 aliphatic rings. The summed E-state index contributed by atoms with van der Waals surface area (Å²) < 4.78 is 14.3. The van der Waals surface area contributed by atoms with Crippen LogP contribution in [-0.4, -0.2) is 28.8 Å². The first-order valence-corrected chi connectivity index (χ1v) is 11.4. The van der Waals surface area contributed by atoms with Crippen molar-refractivity contribution in [3.05, 3.63) is 107 Å². The van der Waals surface area contributed by atoms with Crippen LogP contribution in [-0.2, 0) is 29.0 Å². The lowest BCUT2D eigenvalue weighted by molar-refractivity contribution is -0.141. The lowest BCUT2D eigenvalue weighted by Crippen LogP contribution is -2.52. The van der Waals surface area contributed by atoms with Crippen molar-refractivity contribution in [1.82, 2.24) is 10.2 Å². The molecule has 5 heteroatoms. The monoisotopic (exact) mass is 446 g/mol. The molecule has 0 aromatic heterocycles. The number of carbonyl (C=O) groups excluding carboxylic acids is 2. The van der Waals surface area contributed by atoms with Gasteiger partial charge >= 0.3 is 0 Å². The Morgan fingerprint density at radius 1 is 0.879 bits per heavy atom. The first-order chi connectivity index (χ1) is 16.0. The third-order valence-corrected chi connectivity index (χ3v) is 5.77. The van der Waals surface area contributed by atoms with Gasteiger partial charge in [-0.3, -0.25) is 9.59 Å². The van der Waals surface area contributed by atoms with Crippen molar-refractivity contribution in [2.45, 2.75) is 51.7 Å². The number of rotatable bonds is 10. The number of nitrogens with one attached hydrogen (secondary N) is 1. The Labute approximate surface area is 195 Å². The second-order valence-electron chi connectivity index (χ2n) is 8.30. The normalized spacial score (nSPS) is 12.6. The molecule has 2 atom stereocenters. The second-order valence-corrected chi connectivity index (χ2v) is 8.30. The first kappa shape index (κ1) is 24.2.